The fourth-order valence-corrected chi connectivity index (χ4v) is 3.97. The van der Waals surface area contributed by atoms with Crippen molar-refractivity contribution in [3.63, 3.8) is 0 Å². The second-order valence-electron chi connectivity index (χ2n) is 7.61. The number of ether oxygens (including phenoxy) is 1. The number of rotatable bonds is 8. The third-order valence-electron chi connectivity index (χ3n) is 5.06. The Morgan fingerprint density at radius 1 is 1.15 bits per heavy atom. The molecule has 2 heterocycles. The van der Waals surface area contributed by atoms with Gasteiger partial charge in [0.15, 0.2) is 0 Å². The number of hydrogen-bond donors (Lipinski definition) is 1. The lowest BCUT2D eigenvalue weighted by Crippen LogP contribution is -2.28. The summed E-state index contributed by atoms with van der Waals surface area (Å²) in [6.07, 6.45) is 3.73. The molecule has 7 nitrogen and oxygen atoms in total. The van der Waals surface area contributed by atoms with Crippen LogP contribution >= 0.6 is 11.3 Å². The summed E-state index contributed by atoms with van der Waals surface area (Å²) < 4.78 is 5.78. The van der Waals surface area contributed by atoms with Gasteiger partial charge in [-0.3, -0.25) is 19.3 Å². The smallest absolute Gasteiger partial charge is 0.248 e. The van der Waals surface area contributed by atoms with Gasteiger partial charge in [-0.05, 0) is 48.4 Å². The van der Waals surface area contributed by atoms with E-state index in [9.17, 15) is 14.4 Å². The summed E-state index contributed by atoms with van der Waals surface area (Å²) >= 11 is 1.59. The minimum absolute atomic E-state index is 0.143. The molecule has 0 bridgehead atoms. The number of carbonyl (C=O) groups excluding carboxylic acids is 3. The summed E-state index contributed by atoms with van der Waals surface area (Å²) in [5.41, 5.74) is 3.19. The molecule has 1 fully saturated rings. The second kappa shape index (κ2) is 10.2. The maximum absolute atomic E-state index is 12.3. The number of carbonyl (C=O) groups is 3. The number of aryl methyl sites for hydroxylation is 1. The molecule has 1 saturated heterocycles. The Bertz CT molecular complexity index is 1180. The maximum Gasteiger partial charge on any atom is 0.248 e. The van der Waals surface area contributed by atoms with Crippen molar-refractivity contribution in [1.29, 1.82) is 0 Å². The lowest BCUT2D eigenvalue weighted by molar-refractivity contribution is -0.139. The van der Waals surface area contributed by atoms with Gasteiger partial charge in [0.05, 0.1) is 17.2 Å². The largest absolute Gasteiger partial charge is 0.487 e. The van der Waals surface area contributed by atoms with E-state index < -0.39 is 0 Å². The number of nitrogens with zero attached hydrogens (tertiary/aromatic N) is 2. The highest BCUT2D eigenvalue weighted by molar-refractivity contribution is 7.09. The molecule has 8 heteroatoms. The molecular weight excluding hydrogens is 438 g/mol. The average Bonchev–Trinajstić information content (AvgIpc) is 3.37. The van der Waals surface area contributed by atoms with Crippen LogP contribution in [0.25, 0.3) is 6.08 Å². The van der Waals surface area contributed by atoms with Crippen LogP contribution in [0.15, 0.2) is 60.0 Å². The van der Waals surface area contributed by atoms with E-state index in [1.165, 1.54) is 11.0 Å². The molecular formula is C25H23N3O4S. The number of hydrogen-bond acceptors (Lipinski definition) is 6. The minimum atomic E-state index is -0.267. The third-order valence-corrected chi connectivity index (χ3v) is 5.88. The molecule has 0 saturated carbocycles. The van der Waals surface area contributed by atoms with Crippen molar-refractivity contribution in [1.82, 2.24) is 9.88 Å². The monoisotopic (exact) mass is 461 g/mol. The number of anilines is 1. The van der Waals surface area contributed by atoms with Gasteiger partial charge in [0.25, 0.3) is 0 Å². The Labute approximate surface area is 195 Å². The molecule has 0 radical (unpaired) electrons. The number of imide groups is 1. The zero-order chi connectivity index (χ0) is 23.2. The molecule has 4 rings (SSSR count). The van der Waals surface area contributed by atoms with Crippen molar-refractivity contribution >= 4 is 40.8 Å². The van der Waals surface area contributed by atoms with E-state index in [0.717, 1.165) is 21.8 Å². The summed E-state index contributed by atoms with van der Waals surface area (Å²) in [6.45, 7) is 2.61. The lowest BCUT2D eigenvalue weighted by Gasteiger charge is -2.14. The van der Waals surface area contributed by atoms with Crippen LogP contribution < -0.4 is 10.1 Å². The third kappa shape index (κ3) is 6.14. The van der Waals surface area contributed by atoms with E-state index in [1.807, 2.05) is 36.6 Å². The van der Waals surface area contributed by atoms with Crippen molar-refractivity contribution in [3.8, 4) is 5.75 Å². The number of amides is 3. The van der Waals surface area contributed by atoms with Gasteiger partial charge in [-0.2, -0.15) is 0 Å². The van der Waals surface area contributed by atoms with E-state index in [2.05, 4.69) is 10.3 Å². The fraction of sp³-hybridized carbons (Fsp3) is 0.200. The molecule has 0 aliphatic carbocycles. The zero-order valence-corrected chi connectivity index (χ0v) is 18.9. The lowest BCUT2D eigenvalue weighted by atomic mass is 10.2. The Morgan fingerprint density at radius 2 is 1.91 bits per heavy atom. The van der Waals surface area contributed by atoms with E-state index in [-0.39, 0.29) is 37.1 Å². The Hall–Kier alpha value is -3.78. The topological polar surface area (TPSA) is 88.6 Å². The van der Waals surface area contributed by atoms with Crippen LogP contribution in [-0.2, 0) is 27.5 Å². The van der Waals surface area contributed by atoms with Gasteiger partial charge < -0.3 is 10.1 Å². The normalized spacial score (nSPS) is 13.7. The van der Waals surface area contributed by atoms with Crippen LogP contribution in [0.4, 0.5) is 5.69 Å². The first-order valence-electron chi connectivity index (χ1n) is 10.5. The molecule has 1 aliphatic rings. The molecule has 3 aromatic rings. The number of aromatic nitrogens is 1. The first-order chi connectivity index (χ1) is 16.0. The predicted molar refractivity (Wildman–Crippen MR) is 127 cm³/mol. The standard InChI is InChI=1S/C25H23N3O4S/c1-17-26-21(16-33-17)15-32-22-4-2-3-18(13-22)7-10-23(29)27-20-8-5-19(6-9-20)14-28-24(30)11-12-25(28)31/h2-10,13,16H,11-12,14-15H2,1H3,(H,27,29)/b10-7+. The first-order valence-corrected chi connectivity index (χ1v) is 11.4. The van der Waals surface area contributed by atoms with Crippen LogP contribution in [0.1, 0.15) is 34.7 Å². The van der Waals surface area contributed by atoms with E-state index in [0.29, 0.717) is 18.0 Å². The maximum atomic E-state index is 12.3. The van der Waals surface area contributed by atoms with Crippen LogP contribution in [0, 0.1) is 6.92 Å². The summed E-state index contributed by atoms with van der Waals surface area (Å²) in [6, 6.07) is 14.6. The van der Waals surface area contributed by atoms with Crippen LogP contribution in [0.2, 0.25) is 0 Å². The second-order valence-corrected chi connectivity index (χ2v) is 8.67. The highest BCUT2D eigenvalue weighted by Crippen LogP contribution is 2.19. The number of thiazole rings is 1. The SMILES string of the molecule is Cc1nc(COc2cccc(/C=C/C(=O)Nc3ccc(CN4C(=O)CCC4=O)cc3)c2)cs1. The zero-order valence-electron chi connectivity index (χ0n) is 18.1. The number of likely N-dealkylation sites (tertiary alicyclic amines) is 1. The van der Waals surface area contributed by atoms with Crippen molar-refractivity contribution in [2.24, 2.45) is 0 Å². The van der Waals surface area contributed by atoms with Crippen LogP contribution in [0.3, 0.4) is 0 Å². The van der Waals surface area contributed by atoms with Gasteiger partial charge in [-0.15, -0.1) is 11.3 Å². The molecule has 168 valence electrons. The average molecular weight is 462 g/mol. The fourth-order valence-electron chi connectivity index (χ4n) is 3.37. The van der Waals surface area contributed by atoms with Crippen molar-refractivity contribution < 1.29 is 19.1 Å². The molecule has 0 spiro atoms. The van der Waals surface area contributed by atoms with E-state index in [4.69, 9.17) is 4.74 Å². The first kappa shape index (κ1) is 22.4. The Morgan fingerprint density at radius 3 is 2.61 bits per heavy atom. The molecule has 3 amide bonds. The van der Waals surface area contributed by atoms with Gasteiger partial charge in [0, 0.05) is 30.0 Å². The van der Waals surface area contributed by atoms with Gasteiger partial charge in [-0.25, -0.2) is 4.98 Å². The Kier molecular flexibility index (Phi) is 6.95. The van der Waals surface area contributed by atoms with Crippen LogP contribution in [0.5, 0.6) is 5.75 Å². The Balaban J connectivity index is 1.29. The molecule has 0 unspecified atom stereocenters. The van der Waals surface area contributed by atoms with Gasteiger partial charge >= 0.3 is 0 Å². The number of benzene rings is 2. The summed E-state index contributed by atoms with van der Waals surface area (Å²) in [7, 11) is 0. The molecule has 1 aliphatic heterocycles. The van der Waals surface area contributed by atoms with Crippen molar-refractivity contribution in [2.45, 2.75) is 32.9 Å². The highest BCUT2D eigenvalue weighted by Gasteiger charge is 2.28. The molecule has 2 aromatic carbocycles. The summed E-state index contributed by atoms with van der Waals surface area (Å²) in [5, 5.41) is 5.78. The van der Waals surface area contributed by atoms with E-state index >= 15 is 0 Å². The predicted octanol–water partition coefficient (Wildman–Crippen LogP) is 4.33. The molecule has 0 atom stereocenters. The minimum Gasteiger partial charge on any atom is -0.487 e. The number of nitrogens with one attached hydrogen (secondary N) is 1. The highest BCUT2D eigenvalue weighted by atomic mass is 32.1. The van der Waals surface area contributed by atoms with Gasteiger partial charge in [-0.1, -0.05) is 24.3 Å². The molecule has 1 aromatic heterocycles. The van der Waals surface area contributed by atoms with Gasteiger partial charge in [0.2, 0.25) is 17.7 Å². The van der Waals surface area contributed by atoms with E-state index in [1.54, 1.807) is 41.7 Å². The van der Waals surface area contributed by atoms with Crippen molar-refractivity contribution in [3.05, 3.63) is 81.8 Å². The molecule has 1 N–H and O–H groups in total. The van der Waals surface area contributed by atoms with Crippen LogP contribution in [-0.4, -0.2) is 27.6 Å². The quantitative estimate of drug-likeness (QED) is 0.398. The summed E-state index contributed by atoms with van der Waals surface area (Å²) in [4.78, 5) is 41.4. The van der Waals surface area contributed by atoms with Gasteiger partial charge in [0.1, 0.15) is 12.4 Å². The van der Waals surface area contributed by atoms with Crippen molar-refractivity contribution in [2.75, 3.05) is 5.32 Å². The summed E-state index contributed by atoms with van der Waals surface area (Å²) in [5.74, 6) is 0.149. The molecule has 33 heavy (non-hydrogen) atoms.